The maximum absolute atomic E-state index is 10.8. The van der Waals surface area contributed by atoms with Crippen LogP contribution in [0.4, 0.5) is 5.69 Å². The zero-order valence-corrected chi connectivity index (χ0v) is 11.2. The monoisotopic (exact) mass is 289 g/mol. The molecule has 3 rings (SSSR count). The van der Waals surface area contributed by atoms with Gasteiger partial charge >= 0.3 is 0 Å². The molecule has 0 fully saturated rings. The number of hydrogen-bond donors (Lipinski definition) is 1. The Morgan fingerprint density at radius 2 is 2.30 bits per heavy atom. The van der Waals surface area contributed by atoms with Gasteiger partial charge in [-0.2, -0.15) is 0 Å². The molecule has 7 heteroatoms. The molecule has 0 amide bonds. The largest absolute Gasteiger partial charge is 0.390 e. The molecular weight excluding hydrogens is 278 g/mol. The predicted octanol–water partition coefficient (Wildman–Crippen LogP) is 2.39. The molecule has 6 nitrogen and oxygen atoms in total. The Balaban J connectivity index is 1.90. The number of nitro groups is 1. The molecular formula is C13H11N3O3S. The highest BCUT2D eigenvalue weighted by Gasteiger charge is 2.10. The fraction of sp³-hybridized carbons (Fsp3) is 0.154. The molecule has 0 saturated heterocycles. The molecule has 0 saturated carbocycles. The Labute approximate surface area is 118 Å². The zero-order valence-electron chi connectivity index (χ0n) is 10.4. The second-order valence-corrected chi connectivity index (χ2v) is 5.46. The van der Waals surface area contributed by atoms with Crippen LogP contribution in [0.2, 0.25) is 0 Å². The Kier molecular flexibility index (Phi) is 3.21. The molecule has 2 heterocycles. The Morgan fingerprint density at radius 3 is 3.05 bits per heavy atom. The van der Waals surface area contributed by atoms with Gasteiger partial charge in [0.2, 0.25) is 0 Å². The van der Waals surface area contributed by atoms with Crippen LogP contribution in [0.25, 0.3) is 4.96 Å². The fourth-order valence-electron chi connectivity index (χ4n) is 2.06. The second kappa shape index (κ2) is 5.03. The summed E-state index contributed by atoms with van der Waals surface area (Å²) in [5.41, 5.74) is 1.72. The van der Waals surface area contributed by atoms with E-state index in [1.165, 1.54) is 17.4 Å². The van der Waals surface area contributed by atoms with Crippen LogP contribution < -0.4 is 0 Å². The van der Waals surface area contributed by atoms with Gasteiger partial charge in [0.15, 0.2) is 4.96 Å². The first-order valence-electron chi connectivity index (χ1n) is 5.96. The van der Waals surface area contributed by atoms with Crippen LogP contribution in [0.15, 0.2) is 36.7 Å². The number of non-ortho nitro benzene ring substituents is 1. The van der Waals surface area contributed by atoms with Gasteiger partial charge in [-0.3, -0.25) is 14.5 Å². The first kappa shape index (κ1) is 12.8. The van der Waals surface area contributed by atoms with Crippen molar-refractivity contribution >= 4 is 22.0 Å². The molecule has 0 radical (unpaired) electrons. The third-order valence-electron chi connectivity index (χ3n) is 3.00. The quantitative estimate of drug-likeness (QED) is 0.590. The summed E-state index contributed by atoms with van der Waals surface area (Å²) >= 11 is 1.51. The highest BCUT2D eigenvalue weighted by molar-refractivity contribution is 7.17. The number of thiazole rings is 1. The number of hydrogen-bond acceptors (Lipinski definition) is 5. The summed E-state index contributed by atoms with van der Waals surface area (Å²) in [4.78, 5) is 16.4. The Bertz CT molecular complexity index is 778. The van der Waals surface area contributed by atoms with E-state index < -0.39 is 4.92 Å². The average Bonchev–Trinajstić information content (AvgIpc) is 2.98. The van der Waals surface area contributed by atoms with Crippen molar-refractivity contribution in [3.05, 3.63) is 62.9 Å². The molecule has 0 aliphatic heterocycles. The van der Waals surface area contributed by atoms with Crippen molar-refractivity contribution in [3.63, 3.8) is 0 Å². The lowest BCUT2D eigenvalue weighted by atomic mass is 10.1. The molecule has 0 spiro atoms. The van der Waals surface area contributed by atoms with Gasteiger partial charge in [0.1, 0.15) is 0 Å². The van der Waals surface area contributed by atoms with Crippen LogP contribution in [0.1, 0.15) is 16.1 Å². The number of fused-ring (bicyclic) bond motifs is 1. The van der Waals surface area contributed by atoms with Crippen molar-refractivity contribution in [2.75, 3.05) is 0 Å². The first-order chi connectivity index (χ1) is 9.67. The summed E-state index contributed by atoms with van der Waals surface area (Å²) in [5.74, 6) is 0. The number of aliphatic hydroxyl groups is 1. The van der Waals surface area contributed by atoms with E-state index in [0.717, 1.165) is 21.1 Å². The smallest absolute Gasteiger partial charge is 0.269 e. The molecule has 0 unspecified atom stereocenters. The number of aromatic nitrogens is 2. The van der Waals surface area contributed by atoms with Crippen molar-refractivity contribution in [2.45, 2.75) is 13.0 Å². The molecule has 102 valence electrons. The van der Waals surface area contributed by atoms with Crippen LogP contribution in [-0.2, 0) is 13.0 Å². The predicted molar refractivity (Wildman–Crippen MR) is 74.9 cm³/mol. The Morgan fingerprint density at radius 1 is 1.45 bits per heavy atom. The topological polar surface area (TPSA) is 80.7 Å². The van der Waals surface area contributed by atoms with E-state index in [4.69, 9.17) is 0 Å². The third-order valence-corrected chi connectivity index (χ3v) is 3.99. The highest BCUT2D eigenvalue weighted by atomic mass is 32.1. The van der Waals surface area contributed by atoms with E-state index in [-0.39, 0.29) is 12.3 Å². The van der Waals surface area contributed by atoms with Crippen LogP contribution in [0.5, 0.6) is 0 Å². The molecule has 3 aromatic rings. The summed E-state index contributed by atoms with van der Waals surface area (Å²) in [7, 11) is 0. The molecule has 0 aliphatic carbocycles. The van der Waals surface area contributed by atoms with E-state index in [0.29, 0.717) is 6.42 Å². The summed E-state index contributed by atoms with van der Waals surface area (Å²) in [5, 5.41) is 19.9. The van der Waals surface area contributed by atoms with Gasteiger partial charge in [0, 0.05) is 29.6 Å². The highest BCUT2D eigenvalue weighted by Crippen LogP contribution is 2.23. The number of nitro benzene ring substituents is 1. The minimum Gasteiger partial charge on any atom is -0.390 e. The van der Waals surface area contributed by atoms with Gasteiger partial charge in [0.25, 0.3) is 5.69 Å². The zero-order chi connectivity index (χ0) is 14.1. The van der Waals surface area contributed by atoms with Crippen LogP contribution in [0.3, 0.4) is 0 Å². The molecule has 0 bridgehead atoms. The molecule has 20 heavy (non-hydrogen) atoms. The summed E-state index contributed by atoms with van der Waals surface area (Å²) in [6, 6.07) is 6.61. The van der Waals surface area contributed by atoms with E-state index in [2.05, 4.69) is 4.98 Å². The number of rotatable bonds is 4. The van der Waals surface area contributed by atoms with Gasteiger partial charge < -0.3 is 5.11 Å². The average molecular weight is 289 g/mol. The number of aliphatic hydroxyl groups excluding tert-OH is 1. The minimum atomic E-state index is -0.394. The van der Waals surface area contributed by atoms with Gasteiger partial charge in [-0.1, -0.05) is 12.1 Å². The van der Waals surface area contributed by atoms with Gasteiger partial charge in [0.05, 0.1) is 23.4 Å². The fourth-order valence-corrected chi connectivity index (χ4v) is 3.06. The maximum Gasteiger partial charge on any atom is 0.269 e. The summed E-state index contributed by atoms with van der Waals surface area (Å²) in [6.07, 6.45) is 4.17. The number of imidazole rings is 1. The van der Waals surface area contributed by atoms with Gasteiger partial charge in [-0.25, -0.2) is 4.98 Å². The normalized spacial score (nSPS) is 11.1. The summed E-state index contributed by atoms with van der Waals surface area (Å²) in [6.45, 7) is -0.0614. The molecule has 0 atom stereocenters. The van der Waals surface area contributed by atoms with E-state index in [9.17, 15) is 15.2 Å². The van der Waals surface area contributed by atoms with Crippen molar-refractivity contribution in [1.82, 2.24) is 9.38 Å². The van der Waals surface area contributed by atoms with E-state index in [1.54, 1.807) is 18.3 Å². The summed E-state index contributed by atoms with van der Waals surface area (Å²) < 4.78 is 1.84. The van der Waals surface area contributed by atoms with Crippen molar-refractivity contribution in [2.24, 2.45) is 0 Å². The van der Waals surface area contributed by atoms with Crippen LogP contribution >= 0.6 is 11.3 Å². The van der Waals surface area contributed by atoms with Crippen molar-refractivity contribution in [1.29, 1.82) is 0 Å². The number of benzene rings is 1. The number of nitrogens with zero attached hydrogens (tertiary/aromatic N) is 3. The molecule has 0 aliphatic rings. The second-order valence-electron chi connectivity index (χ2n) is 4.36. The van der Waals surface area contributed by atoms with Crippen molar-refractivity contribution in [3.8, 4) is 0 Å². The lowest BCUT2D eigenvalue weighted by molar-refractivity contribution is -0.384. The van der Waals surface area contributed by atoms with E-state index in [1.807, 2.05) is 16.7 Å². The third kappa shape index (κ3) is 2.28. The SMILES string of the molecule is O=[N+]([O-])c1cccc(Cc2cn3c(CO)cnc3s2)c1. The molecule has 2 aromatic heterocycles. The lowest BCUT2D eigenvalue weighted by Crippen LogP contribution is -1.91. The Hall–Kier alpha value is -2.25. The molecule has 1 aromatic carbocycles. The lowest BCUT2D eigenvalue weighted by Gasteiger charge is -1.98. The van der Waals surface area contributed by atoms with Crippen LogP contribution in [0, 0.1) is 10.1 Å². The molecule has 1 N–H and O–H groups in total. The van der Waals surface area contributed by atoms with E-state index >= 15 is 0 Å². The minimum absolute atomic E-state index is 0.0614. The van der Waals surface area contributed by atoms with Crippen molar-refractivity contribution < 1.29 is 10.0 Å². The van der Waals surface area contributed by atoms with Crippen LogP contribution in [-0.4, -0.2) is 19.4 Å². The maximum atomic E-state index is 10.8. The standard InChI is InChI=1S/C13H11N3O3S/c17-8-11-6-14-13-15(11)7-12(20-13)5-9-2-1-3-10(4-9)16(18)19/h1-4,6-7,17H,5,8H2. The first-order valence-corrected chi connectivity index (χ1v) is 6.78. The van der Waals surface area contributed by atoms with Gasteiger partial charge in [-0.15, -0.1) is 11.3 Å². The van der Waals surface area contributed by atoms with Gasteiger partial charge in [-0.05, 0) is 5.56 Å².